The summed E-state index contributed by atoms with van der Waals surface area (Å²) in [6.07, 6.45) is 0.0551. The molecule has 2 aliphatic rings. The number of aromatic nitrogens is 2. The maximum absolute atomic E-state index is 13.1. The molecule has 1 aromatic rings. The van der Waals surface area contributed by atoms with Gasteiger partial charge in [0.15, 0.2) is 0 Å². The highest BCUT2D eigenvalue weighted by Crippen LogP contribution is 2.32. The van der Waals surface area contributed by atoms with E-state index in [9.17, 15) is 14.4 Å². The Morgan fingerprint density at radius 3 is 2.46 bits per heavy atom. The first-order chi connectivity index (χ1) is 13.0. The van der Waals surface area contributed by atoms with E-state index in [1.54, 1.807) is 25.7 Å². The van der Waals surface area contributed by atoms with Crippen LogP contribution >= 0.6 is 0 Å². The number of hydrogen-bond acceptors (Lipinski definition) is 7. The van der Waals surface area contributed by atoms with E-state index in [0.29, 0.717) is 24.2 Å². The highest BCUT2D eigenvalue weighted by atomic mass is 16.6. The van der Waals surface area contributed by atoms with Crippen molar-refractivity contribution in [2.45, 2.75) is 51.6 Å². The van der Waals surface area contributed by atoms with E-state index in [1.807, 2.05) is 0 Å². The molecule has 3 heterocycles. The van der Waals surface area contributed by atoms with Crippen molar-refractivity contribution >= 4 is 18.0 Å². The summed E-state index contributed by atoms with van der Waals surface area (Å²) >= 11 is 0. The largest absolute Gasteiger partial charge is 0.465 e. The summed E-state index contributed by atoms with van der Waals surface area (Å²) in [5, 5.41) is 4.51. The Hall–Kier alpha value is -2.62. The zero-order valence-electron chi connectivity index (χ0n) is 17.1. The lowest BCUT2D eigenvalue weighted by atomic mass is 10.0. The molecule has 1 aromatic heterocycles. The third-order valence-electron chi connectivity index (χ3n) is 5.01. The second-order valence-electron chi connectivity index (χ2n) is 7.93. The van der Waals surface area contributed by atoms with Gasteiger partial charge in [-0.3, -0.25) is 9.48 Å². The number of rotatable bonds is 2. The van der Waals surface area contributed by atoms with Gasteiger partial charge in [-0.15, -0.1) is 0 Å². The minimum absolute atomic E-state index is 0.00713. The Morgan fingerprint density at radius 1 is 1.21 bits per heavy atom. The third kappa shape index (κ3) is 3.11. The van der Waals surface area contributed by atoms with Gasteiger partial charge in [0.05, 0.1) is 19.3 Å². The zero-order chi connectivity index (χ0) is 20.9. The van der Waals surface area contributed by atoms with E-state index < -0.39 is 29.3 Å². The van der Waals surface area contributed by atoms with Crippen molar-refractivity contribution in [2.24, 2.45) is 0 Å². The summed E-state index contributed by atoms with van der Waals surface area (Å²) in [5.41, 5.74) is -0.442. The van der Waals surface area contributed by atoms with Crippen molar-refractivity contribution in [2.75, 3.05) is 27.8 Å². The first-order valence-corrected chi connectivity index (χ1v) is 9.02. The lowest BCUT2D eigenvalue weighted by molar-refractivity contribution is -0.191. The highest BCUT2D eigenvalue weighted by molar-refractivity contribution is 5.99. The fraction of sp³-hybridized carbons (Fsp3) is 0.667. The molecule has 2 aliphatic heterocycles. The molecule has 3 rings (SSSR count). The molecule has 1 unspecified atom stereocenters. The molecule has 0 saturated heterocycles. The molecule has 0 radical (unpaired) electrons. The number of likely N-dealkylation sites (N-methyl/N-ethyl adjacent to an activating group) is 1. The van der Waals surface area contributed by atoms with Crippen LogP contribution in [0.5, 0.6) is 0 Å². The van der Waals surface area contributed by atoms with Crippen LogP contribution in [0.3, 0.4) is 0 Å². The number of amides is 2. The first-order valence-electron chi connectivity index (χ1n) is 9.02. The standard InChI is InChI=1S/C18H26N4O6/c1-17(2,3)28-16(25)21-8-7-12-11(9-21)13-14(23)20(4)18(27-6,15(24)26-5)10-22(13)19-12/h7-10H2,1-6H3. The fourth-order valence-electron chi connectivity index (χ4n) is 3.54. The van der Waals surface area contributed by atoms with Crippen LogP contribution in [0.1, 0.15) is 42.5 Å². The van der Waals surface area contributed by atoms with Gasteiger partial charge < -0.3 is 24.0 Å². The smallest absolute Gasteiger partial charge is 0.410 e. The number of carbonyl (C=O) groups is 3. The Labute approximate surface area is 163 Å². The molecule has 10 nitrogen and oxygen atoms in total. The number of esters is 1. The molecular weight excluding hydrogens is 368 g/mol. The van der Waals surface area contributed by atoms with Gasteiger partial charge in [0, 0.05) is 32.7 Å². The maximum Gasteiger partial charge on any atom is 0.410 e. The predicted molar refractivity (Wildman–Crippen MR) is 96.4 cm³/mol. The average Bonchev–Trinajstić information content (AvgIpc) is 2.99. The molecular formula is C18H26N4O6. The van der Waals surface area contributed by atoms with Gasteiger partial charge in [0.2, 0.25) is 0 Å². The van der Waals surface area contributed by atoms with Gasteiger partial charge in [-0.2, -0.15) is 5.10 Å². The second kappa shape index (κ2) is 6.77. The van der Waals surface area contributed by atoms with Crippen molar-refractivity contribution in [1.82, 2.24) is 19.6 Å². The number of carbonyl (C=O) groups excluding carboxylic acids is 3. The molecule has 0 aromatic carbocycles. The third-order valence-corrected chi connectivity index (χ3v) is 5.01. The Balaban J connectivity index is 1.95. The SMILES string of the molecule is COC(=O)C1(OC)Cn2nc3c(c2C(=O)N1C)CN(C(=O)OC(C)(C)C)CC3. The normalized spacial score (nSPS) is 21.9. The zero-order valence-corrected chi connectivity index (χ0v) is 17.1. The summed E-state index contributed by atoms with van der Waals surface area (Å²) in [6, 6.07) is 0. The first kappa shape index (κ1) is 20.1. The molecule has 0 spiro atoms. The topological polar surface area (TPSA) is 103 Å². The molecule has 2 amide bonds. The van der Waals surface area contributed by atoms with E-state index in [4.69, 9.17) is 14.2 Å². The van der Waals surface area contributed by atoms with Crippen molar-refractivity contribution in [3.63, 3.8) is 0 Å². The summed E-state index contributed by atoms with van der Waals surface area (Å²) in [6.45, 7) is 6.08. The van der Waals surface area contributed by atoms with E-state index >= 15 is 0 Å². The summed E-state index contributed by atoms with van der Waals surface area (Å²) in [4.78, 5) is 40.7. The van der Waals surface area contributed by atoms with Crippen LogP contribution in [-0.2, 0) is 38.5 Å². The van der Waals surface area contributed by atoms with E-state index in [2.05, 4.69) is 5.10 Å². The van der Waals surface area contributed by atoms with Crippen LogP contribution in [0, 0.1) is 0 Å². The molecule has 0 bridgehead atoms. The monoisotopic (exact) mass is 394 g/mol. The van der Waals surface area contributed by atoms with Crippen LogP contribution < -0.4 is 0 Å². The van der Waals surface area contributed by atoms with Crippen molar-refractivity contribution in [3.05, 3.63) is 17.0 Å². The molecule has 154 valence electrons. The van der Waals surface area contributed by atoms with Gasteiger partial charge in [-0.25, -0.2) is 9.59 Å². The number of hydrogen-bond donors (Lipinski definition) is 0. The molecule has 0 aliphatic carbocycles. The van der Waals surface area contributed by atoms with Crippen molar-refractivity contribution < 1.29 is 28.6 Å². The van der Waals surface area contributed by atoms with Gasteiger partial charge >= 0.3 is 12.1 Å². The van der Waals surface area contributed by atoms with Gasteiger partial charge in [-0.1, -0.05) is 0 Å². The van der Waals surface area contributed by atoms with Gasteiger partial charge in [-0.05, 0) is 20.8 Å². The van der Waals surface area contributed by atoms with Crippen LogP contribution in [0.15, 0.2) is 0 Å². The van der Waals surface area contributed by atoms with Crippen LogP contribution in [0.25, 0.3) is 0 Å². The van der Waals surface area contributed by atoms with E-state index in [0.717, 1.165) is 5.69 Å². The molecule has 0 N–H and O–H groups in total. The quantitative estimate of drug-likeness (QED) is 0.683. The van der Waals surface area contributed by atoms with Crippen LogP contribution in [-0.4, -0.2) is 76.7 Å². The van der Waals surface area contributed by atoms with Crippen LogP contribution in [0.2, 0.25) is 0 Å². The van der Waals surface area contributed by atoms with Crippen molar-refractivity contribution in [1.29, 1.82) is 0 Å². The Morgan fingerprint density at radius 2 is 1.89 bits per heavy atom. The van der Waals surface area contributed by atoms with Gasteiger partial charge in [0.1, 0.15) is 17.8 Å². The minimum atomic E-state index is -1.59. The lowest BCUT2D eigenvalue weighted by Crippen LogP contribution is -2.63. The molecule has 0 fully saturated rings. The fourth-order valence-corrected chi connectivity index (χ4v) is 3.54. The summed E-state index contributed by atoms with van der Waals surface area (Å²) in [5.74, 6) is -1.10. The predicted octanol–water partition coefficient (Wildman–Crippen LogP) is 0.778. The van der Waals surface area contributed by atoms with E-state index in [-0.39, 0.29) is 13.1 Å². The Bertz CT molecular complexity index is 827. The highest BCUT2D eigenvalue weighted by Gasteiger charge is 2.53. The number of ether oxygens (including phenoxy) is 3. The van der Waals surface area contributed by atoms with Crippen molar-refractivity contribution in [3.8, 4) is 0 Å². The summed E-state index contributed by atoms with van der Waals surface area (Å²) < 4.78 is 17.2. The average molecular weight is 394 g/mol. The van der Waals surface area contributed by atoms with Crippen LogP contribution in [0.4, 0.5) is 4.79 Å². The molecule has 0 saturated carbocycles. The summed E-state index contributed by atoms with van der Waals surface area (Å²) in [7, 11) is 4.07. The molecule has 1 atom stereocenters. The lowest BCUT2D eigenvalue weighted by Gasteiger charge is -2.41. The van der Waals surface area contributed by atoms with Gasteiger partial charge in [0.25, 0.3) is 11.6 Å². The molecule has 28 heavy (non-hydrogen) atoms. The molecule has 10 heteroatoms. The minimum Gasteiger partial charge on any atom is -0.465 e. The number of methoxy groups -OCH3 is 2. The Kier molecular flexibility index (Phi) is 4.86. The second-order valence-corrected chi connectivity index (χ2v) is 7.93. The maximum atomic E-state index is 13.1. The number of fused-ring (bicyclic) bond motifs is 3. The number of nitrogens with zero attached hydrogens (tertiary/aromatic N) is 4. The van der Waals surface area contributed by atoms with E-state index in [1.165, 1.54) is 30.8 Å².